The number of halogens is 1. The largest absolute Gasteiger partial charge is 0.502 e. The van der Waals surface area contributed by atoms with Gasteiger partial charge in [-0.3, -0.25) is 0 Å². The van der Waals surface area contributed by atoms with E-state index in [1.807, 2.05) is 6.07 Å². The van der Waals surface area contributed by atoms with Gasteiger partial charge in [-0.1, -0.05) is 0 Å². The second kappa shape index (κ2) is 3.97. The smallest absolute Gasteiger partial charge is 0.194 e. The van der Waals surface area contributed by atoms with E-state index in [2.05, 4.69) is 0 Å². The van der Waals surface area contributed by atoms with Gasteiger partial charge in [-0.05, 0) is 24.6 Å². The molecule has 1 unspecified atom stereocenters. The van der Waals surface area contributed by atoms with Crippen LogP contribution in [0.25, 0.3) is 0 Å². The standard InChI is InChI=1S/C10H10FNO2/c1-6(5-12)7-3-8(11)10(13)9(4-7)14-2/h3-4,6,13H,1-2H3. The van der Waals surface area contributed by atoms with Crippen LogP contribution in [-0.2, 0) is 0 Å². The Morgan fingerprint density at radius 2 is 2.21 bits per heavy atom. The van der Waals surface area contributed by atoms with E-state index >= 15 is 0 Å². The number of benzene rings is 1. The number of ether oxygens (including phenoxy) is 1. The zero-order chi connectivity index (χ0) is 10.7. The molecule has 1 aromatic carbocycles. The zero-order valence-corrected chi connectivity index (χ0v) is 7.91. The number of nitriles is 1. The number of hydrogen-bond acceptors (Lipinski definition) is 3. The normalized spacial score (nSPS) is 11.9. The minimum absolute atomic E-state index is 0.0436. The molecule has 0 aliphatic rings. The van der Waals surface area contributed by atoms with Crippen LogP contribution in [0.1, 0.15) is 18.4 Å². The molecule has 74 valence electrons. The van der Waals surface area contributed by atoms with Gasteiger partial charge in [0.1, 0.15) is 0 Å². The average molecular weight is 195 g/mol. The molecule has 0 amide bonds. The highest BCUT2D eigenvalue weighted by Gasteiger charge is 2.13. The molecule has 1 atom stereocenters. The summed E-state index contributed by atoms with van der Waals surface area (Å²) in [6, 6.07) is 4.56. The number of aromatic hydroxyl groups is 1. The second-order valence-corrected chi connectivity index (χ2v) is 2.90. The van der Waals surface area contributed by atoms with E-state index in [-0.39, 0.29) is 5.75 Å². The van der Waals surface area contributed by atoms with Gasteiger partial charge in [0.15, 0.2) is 17.3 Å². The van der Waals surface area contributed by atoms with E-state index in [4.69, 9.17) is 10.00 Å². The predicted octanol–water partition coefficient (Wildman–Crippen LogP) is 2.17. The van der Waals surface area contributed by atoms with Crippen LogP contribution < -0.4 is 4.74 Å². The van der Waals surface area contributed by atoms with Crippen molar-refractivity contribution in [2.45, 2.75) is 12.8 Å². The first-order valence-corrected chi connectivity index (χ1v) is 4.06. The molecular weight excluding hydrogens is 185 g/mol. The fraction of sp³-hybridized carbons (Fsp3) is 0.300. The Morgan fingerprint density at radius 1 is 1.57 bits per heavy atom. The fourth-order valence-electron chi connectivity index (χ4n) is 1.07. The first-order valence-electron chi connectivity index (χ1n) is 4.06. The molecule has 1 aromatic rings. The average Bonchev–Trinajstić information content (AvgIpc) is 2.20. The summed E-state index contributed by atoms with van der Waals surface area (Å²) in [6.45, 7) is 1.64. The maximum absolute atomic E-state index is 13.1. The molecule has 0 heterocycles. The summed E-state index contributed by atoms with van der Waals surface area (Å²) in [5, 5.41) is 17.8. The molecule has 0 fully saturated rings. The van der Waals surface area contributed by atoms with E-state index in [0.29, 0.717) is 5.56 Å². The van der Waals surface area contributed by atoms with Crippen LogP contribution in [-0.4, -0.2) is 12.2 Å². The summed E-state index contributed by atoms with van der Waals surface area (Å²) in [6.07, 6.45) is 0. The number of hydrogen-bond donors (Lipinski definition) is 1. The van der Waals surface area contributed by atoms with Crippen molar-refractivity contribution in [2.24, 2.45) is 0 Å². The molecule has 14 heavy (non-hydrogen) atoms. The summed E-state index contributed by atoms with van der Waals surface area (Å²) in [7, 11) is 1.33. The van der Waals surface area contributed by atoms with Crippen molar-refractivity contribution in [2.75, 3.05) is 7.11 Å². The topological polar surface area (TPSA) is 53.2 Å². The molecule has 0 spiro atoms. The predicted molar refractivity (Wildman–Crippen MR) is 48.6 cm³/mol. The van der Waals surface area contributed by atoms with Crippen LogP contribution in [0.15, 0.2) is 12.1 Å². The molecule has 0 aliphatic heterocycles. The van der Waals surface area contributed by atoms with Crippen molar-refractivity contribution < 1.29 is 14.2 Å². The van der Waals surface area contributed by atoms with Crippen LogP contribution in [0.2, 0.25) is 0 Å². The minimum Gasteiger partial charge on any atom is -0.502 e. The van der Waals surface area contributed by atoms with Gasteiger partial charge in [0.2, 0.25) is 0 Å². The van der Waals surface area contributed by atoms with Gasteiger partial charge in [0, 0.05) is 0 Å². The highest BCUT2D eigenvalue weighted by atomic mass is 19.1. The van der Waals surface area contributed by atoms with Gasteiger partial charge in [-0.2, -0.15) is 5.26 Å². The van der Waals surface area contributed by atoms with Gasteiger partial charge in [-0.25, -0.2) is 4.39 Å². The summed E-state index contributed by atoms with van der Waals surface area (Å²) < 4.78 is 17.8. The molecule has 0 bridgehead atoms. The number of phenolic OH excluding ortho intramolecular Hbond substituents is 1. The Balaban J connectivity index is 3.24. The van der Waals surface area contributed by atoms with Crippen molar-refractivity contribution in [1.82, 2.24) is 0 Å². The lowest BCUT2D eigenvalue weighted by molar-refractivity contribution is 0.356. The number of methoxy groups -OCH3 is 1. The lowest BCUT2D eigenvalue weighted by Crippen LogP contribution is -1.94. The second-order valence-electron chi connectivity index (χ2n) is 2.90. The fourth-order valence-corrected chi connectivity index (χ4v) is 1.07. The highest BCUT2D eigenvalue weighted by molar-refractivity contribution is 5.44. The van der Waals surface area contributed by atoms with E-state index < -0.39 is 17.5 Å². The number of phenols is 1. The first-order chi connectivity index (χ1) is 6.60. The van der Waals surface area contributed by atoms with Crippen LogP contribution in [0.5, 0.6) is 11.5 Å². The molecule has 4 heteroatoms. The highest BCUT2D eigenvalue weighted by Crippen LogP contribution is 2.32. The molecular formula is C10H10FNO2. The number of rotatable bonds is 2. The molecule has 0 saturated carbocycles. The van der Waals surface area contributed by atoms with Gasteiger partial charge in [0.25, 0.3) is 0 Å². The van der Waals surface area contributed by atoms with Crippen molar-refractivity contribution in [1.29, 1.82) is 5.26 Å². The van der Waals surface area contributed by atoms with E-state index in [1.165, 1.54) is 13.2 Å². The quantitative estimate of drug-likeness (QED) is 0.786. The third-order valence-corrected chi connectivity index (χ3v) is 1.96. The Labute approximate surface area is 81.4 Å². The Hall–Kier alpha value is -1.76. The molecule has 0 aromatic heterocycles. The van der Waals surface area contributed by atoms with Crippen molar-refractivity contribution >= 4 is 0 Å². The SMILES string of the molecule is COc1cc(C(C)C#N)cc(F)c1O. The molecule has 0 aliphatic carbocycles. The first kappa shape index (κ1) is 10.3. The van der Waals surface area contributed by atoms with Gasteiger partial charge >= 0.3 is 0 Å². The van der Waals surface area contributed by atoms with Crippen molar-refractivity contribution in [3.8, 4) is 17.6 Å². The molecule has 0 radical (unpaired) electrons. The summed E-state index contributed by atoms with van der Waals surface area (Å²) in [5.74, 6) is -1.69. The minimum atomic E-state index is -0.776. The molecule has 0 saturated heterocycles. The third kappa shape index (κ3) is 1.77. The molecule has 1 N–H and O–H groups in total. The van der Waals surface area contributed by atoms with Gasteiger partial charge < -0.3 is 9.84 Å². The third-order valence-electron chi connectivity index (χ3n) is 1.96. The van der Waals surface area contributed by atoms with Crippen molar-refractivity contribution in [3.05, 3.63) is 23.5 Å². The van der Waals surface area contributed by atoms with Crippen LogP contribution in [0.3, 0.4) is 0 Å². The maximum Gasteiger partial charge on any atom is 0.194 e. The van der Waals surface area contributed by atoms with Gasteiger partial charge in [0.05, 0.1) is 19.1 Å². The Morgan fingerprint density at radius 3 is 2.71 bits per heavy atom. The molecule has 3 nitrogen and oxygen atoms in total. The zero-order valence-electron chi connectivity index (χ0n) is 7.91. The molecule has 1 rings (SSSR count). The Kier molecular flexibility index (Phi) is 2.92. The van der Waals surface area contributed by atoms with Crippen LogP contribution in [0, 0.1) is 17.1 Å². The summed E-state index contributed by atoms with van der Waals surface area (Å²) >= 11 is 0. The maximum atomic E-state index is 13.1. The lowest BCUT2D eigenvalue weighted by atomic mass is 10.0. The van der Waals surface area contributed by atoms with Crippen LogP contribution >= 0.6 is 0 Å². The lowest BCUT2D eigenvalue weighted by Gasteiger charge is -2.08. The van der Waals surface area contributed by atoms with Crippen LogP contribution in [0.4, 0.5) is 4.39 Å². The number of nitrogens with zero attached hydrogens (tertiary/aromatic N) is 1. The monoisotopic (exact) mass is 195 g/mol. The van der Waals surface area contributed by atoms with Crippen molar-refractivity contribution in [3.63, 3.8) is 0 Å². The van der Waals surface area contributed by atoms with E-state index in [1.54, 1.807) is 6.92 Å². The summed E-state index contributed by atoms with van der Waals surface area (Å²) in [5.41, 5.74) is 0.486. The van der Waals surface area contributed by atoms with Gasteiger partial charge in [-0.15, -0.1) is 0 Å². The Bertz CT molecular complexity index is 384. The summed E-state index contributed by atoms with van der Waals surface area (Å²) in [4.78, 5) is 0. The van der Waals surface area contributed by atoms with E-state index in [0.717, 1.165) is 6.07 Å². The van der Waals surface area contributed by atoms with E-state index in [9.17, 15) is 9.50 Å².